The van der Waals surface area contributed by atoms with Crippen LogP contribution in [0.1, 0.15) is 16.8 Å². The molecule has 7 nitrogen and oxygen atoms in total. The lowest BCUT2D eigenvalue weighted by Crippen LogP contribution is -2.51. The van der Waals surface area contributed by atoms with Gasteiger partial charge in [0.05, 0.1) is 30.8 Å². The zero-order valence-electron chi connectivity index (χ0n) is 13.9. The first-order valence-corrected chi connectivity index (χ1v) is 7.99. The zero-order chi connectivity index (χ0) is 17.3. The van der Waals surface area contributed by atoms with E-state index in [9.17, 15) is 14.4 Å². The third-order valence-electron chi connectivity index (χ3n) is 4.65. The monoisotopic (exact) mass is 331 g/mol. The molecular weight excluding hydrogens is 310 g/mol. The normalized spacial score (nSPS) is 22.9. The lowest BCUT2D eigenvalue weighted by molar-refractivity contribution is -0.123. The lowest BCUT2D eigenvalue weighted by atomic mass is 10.1. The van der Waals surface area contributed by atoms with E-state index in [1.807, 2.05) is 7.05 Å². The number of hydrogen-bond donors (Lipinski definition) is 0. The van der Waals surface area contributed by atoms with Crippen molar-refractivity contribution in [3.8, 4) is 0 Å². The van der Waals surface area contributed by atoms with Gasteiger partial charge in [0.2, 0.25) is 5.91 Å². The largest absolute Gasteiger partial charge is 0.465 e. The molecule has 1 atom stereocenters. The number of imide groups is 1. The molecule has 0 spiro atoms. The summed E-state index contributed by atoms with van der Waals surface area (Å²) in [5, 5.41) is 0. The minimum Gasteiger partial charge on any atom is -0.465 e. The van der Waals surface area contributed by atoms with Gasteiger partial charge < -0.3 is 9.64 Å². The molecule has 7 heteroatoms. The summed E-state index contributed by atoms with van der Waals surface area (Å²) in [6, 6.07) is 5.95. The third-order valence-corrected chi connectivity index (χ3v) is 4.65. The van der Waals surface area contributed by atoms with E-state index in [-0.39, 0.29) is 24.3 Å². The molecule has 2 saturated heterocycles. The van der Waals surface area contributed by atoms with E-state index in [2.05, 4.69) is 14.5 Å². The summed E-state index contributed by atoms with van der Waals surface area (Å²) in [5.41, 5.74) is 0.880. The predicted octanol–water partition coefficient (Wildman–Crippen LogP) is 0.353. The zero-order valence-corrected chi connectivity index (χ0v) is 13.9. The Morgan fingerprint density at radius 2 is 1.71 bits per heavy atom. The van der Waals surface area contributed by atoms with Gasteiger partial charge in [-0.25, -0.2) is 9.69 Å². The van der Waals surface area contributed by atoms with Gasteiger partial charge in [0.25, 0.3) is 5.91 Å². The van der Waals surface area contributed by atoms with E-state index in [0.717, 1.165) is 26.2 Å². The van der Waals surface area contributed by atoms with Gasteiger partial charge in [0.15, 0.2) is 0 Å². The summed E-state index contributed by atoms with van der Waals surface area (Å²) in [7, 11) is 3.36. The van der Waals surface area contributed by atoms with Crippen molar-refractivity contribution in [2.75, 3.05) is 45.2 Å². The Morgan fingerprint density at radius 3 is 2.29 bits per heavy atom. The van der Waals surface area contributed by atoms with Crippen LogP contribution < -0.4 is 4.90 Å². The number of nitrogens with zero attached hydrogens (tertiary/aromatic N) is 3. The molecule has 0 radical (unpaired) electrons. The Morgan fingerprint density at radius 1 is 1.08 bits per heavy atom. The molecule has 0 aromatic heterocycles. The number of methoxy groups -OCH3 is 1. The highest BCUT2D eigenvalue weighted by atomic mass is 16.5. The SMILES string of the molecule is COC(=O)c1ccc(N2C(=O)CC(N3CCN(C)CC3)C2=O)cc1. The highest BCUT2D eigenvalue weighted by Crippen LogP contribution is 2.26. The average molecular weight is 331 g/mol. The number of benzene rings is 1. The number of likely N-dealkylation sites (N-methyl/N-ethyl adjacent to an activating group) is 1. The van der Waals surface area contributed by atoms with Crippen LogP contribution in [0.5, 0.6) is 0 Å². The minimum absolute atomic E-state index is 0.185. The number of esters is 1. The first-order valence-electron chi connectivity index (χ1n) is 7.99. The van der Waals surface area contributed by atoms with E-state index < -0.39 is 5.97 Å². The van der Waals surface area contributed by atoms with Crippen LogP contribution in [0.2, 0.25) is 0 Å². The van der Waals surface area contributed by atoms with Gasteiger partial charge >= 0.3 is 5.97 Å². The van der Waals surface area contributed by atoms with Crippen molar-refractivity contribution in [2.24, 2.45) is 0 Å². The van der Waals surface area contributed by atoms with Crippen LogP contribution in [-0.4, -0.2) is 74.0 Å². The quantitative estimate of drug-likeness (QED) is 0.588. The number of hydrogen-bond acceptors (Lipinski definition) is 6. The first-order chi connectivity index (χ1) is 11.5. The molecule has 3 rings (SSSR count). The average Bonchev–Trinajstić information content (AvgIpc) is 2.89. The van der Waals surface area contributed by atoms with E-state index >= 15 is 0 Å². The molecule has 1 unspecified atom stereocenters. The summed E-state index contributed by atoms with van der Waals surface area (Å²) in [6.07, 6.45) is 0.210. The maximum Gasteiger partial charge on any atom is 0.337 e. The summed E-state index contributed by atoms with van der Waals surface area (Å²) < 4.78 is 4.65. The second-order valence-electron chi connectivity index (χ2n) is 6.17. The van der Waals surface area contributed by atoms with Crippen molar-refractivity contribution in [1.82, 2.24) is 9.80 Å². The third kappa shape index (κ3) is 3.05. The lowest BCUT2D eigenvalue weighted by Gasteiger charge is -2.35. The summed E-state index contributed by atoms with van der Waals surface area (Å²) in [6.45, 7) is 3.36. The molecule has 2 aliphatic rings. The fraction of sp³-hybridized carbons (Fsp3) is 0.471. The van der Waals surface area contributed by atoms with Crippen LogP contribution in [0.4, 0.5) is 5.69 Å². The number of ether oxygens (including phenoxy) is 1. The van der Waals surface area contributed by atoms with Crippen molar-refractivity contribution in [3.63, 3.8) is 0 Å². The standard InChI is InChI=1S/C17H21N3O4/c1-18-7-9-19(10-8-18)14-11-15(21)20(16(14)22)13-5-3-12(4-6-13)17(23)24-2/h3-6,14H,7-11H2,1-2H3. The summed E-state index contributed by atoms with van der Waals surface area (Å²) >= 11 is 0. The van der Waals surface area contributed by atoms with Crippen LogP contribution in [0, 0.1) is 0 Å². The number of carbonyl (C=O) groups is 3. The van der Waals surface area contributed by atoms with Crippen LogP contribution >= 0.6 is 0 Å². The number of anilines is 1. The van der Waals surface area contributed by atoms with Gasteiger partial charge in [-0.15, -0.1) is 0 Å². The molecule has 2 aliphatic heterocycles. The van der Waals surface area contributed by atoms with Crippen LogP contribution in [0.3, 0.4) is 0 Å². The van der Waals surface area contributed by atoms with Crippen LogP contribution in [0.25, 0.3) is 0 Å². The molecule has 2 amide bonds. The number of piperazine rings is 1. The maximum atomic E-state index is 12.7. The molecular formula is C17H21N3O4. The molecule has 1 aromatic rings. The Bertz CT molecular complexity index is 650. The fourth-order valence-corrected chi connectivity index (χ4v) is 3.17. The van der Waals surface area contributed by atoms with Gasteiger partial charge in [-0.05, 0) is 31.3 Å². The number of carbonyl (C=O) groups excluding carboxylic acids is 3. The molecule has 0 bridgehead atoms. The molecule has 2 heterocycles. The van der Waals surface area contributed by atoms with Gasteiger partial charge in [-0.1, -0.05) is 0 Å². The van der Waals surface area contributed by atoms with Gasteiger partial charge in [-0.2, -0.15) is 0 Å². The fourth-order valence-electron chi connectivity index (χ4n) is 3.17. The molecule has 24 heavy (non-hydrogen) atoms. The van der Waals surface area contributed by atoms with Crippen molar-refractivity contribution < 1.29 is 19.1 Å². The Hall–Kier alpha value is -2.25. The van der Waals surface area contributed by atoms with Crippen molar-refractivity contribution >= 4 is 23.5 Å². The number of rotatable bonds is 3. The molecule has 128 valence electrons. The predicted molar refractivity (Wildman–Crippen MR) is 87.7 cm³/mol. The Kier molecular flexibility index (Phi) is 4.64. The number of amides is 2. The molecule has 0 N–H and O–H groups in total. The van der Waals surface area contributed by atoms with Crippen LogP contribution in [0.15, 0.2) is 24.3 Å². The summed E-state index contributed by atoms with van der Waals surface area (Å²) in [5.74, 6) is -0.832. The smallest absolute Gasteiger partial charge is 0.337 e. The van der Waals surface area contributed by atoms with Crippen molar-refractivity contribution in [1.29, 1.82) is 0 Å². The maximum absolute atomic E-state index is 12.7. The highest BCUT2D eigenvalue weighted by Gasteiger charge is 2.43. The summed E-state index contributed by atoms with van der Waals surface area (Å²) in [4.78, 5) is 42.1. The van der Waals surface area contributed by atoms with E-state index in [4.69, 9.17) is 0 Å². The first kappa shape index (κ1) is 16.6. The van der Waals surface area contributed by atoms with Crippen LogP contribution in [-0.2, 0) is 14.3 Å². The minimum atomic E-state index is -0.448. The van der Waals surface area contributed by atoms with Gasteiger partial charge in [0.1, 0.15) is 0 Å². The molecule has 1 aromatic carbocycles. The Labute approximate surface area is 140 Å². The topological polar surface area (TPSA) is 70.2 Å². The van der Waals surface area contributed by atoms with E-state index in [1.54, 1.807) is 24.3 Å². The Balaban J connectivity index is 1.75. The van der Waals surface area contributed by atoms with E-state index in [0.29, 0.717) is 11.3 Å². The molecule has 0 saturated carbocycles. The van der Waals surface area contributed by atoms with Gasteiger partial charge in [-0.3, -0.25) is 14.5 Å². The molecule has 2 fully saturated rings. The second kappa shape index (κ2) is 6.70. The highest BCUT2D eigenvalue weighted by molar-refractivity contribution is 6.22. The van der Waals surface area contributed by atoms with Gasteiger partial charge in [0, 0.05) is 26.2 Å². The van der Waals surface area contributed by atoms with Crippen molar-refractivity contribution in [2.45, 2.75) is 12.5 Å². The van der Waals surface area contributed by atoms with Crippen molar-refractivity contribution in [3.05, 3.63) is 29.8 Å². The second-order valence-corrected chi connectivity index (χ2v) is 6.17. The van der Waals surface area contributed by atoms with E-state index in [1.165, 1.54) is 12.0 Å². The molecule has 0 aliphatic carbocycles.